The number of aromatic nitrogens is 2. The maximum atomic E-state index is 6.21. The molecule has 1 unspecified atom stereocenters. The molecule has 3 rings (SSSR count). The average molecular weight is 460 g/mol. The molecular formula is C17H23ClIN5. The first-order valence-corrected chi connectivity index (χ1v) is 8.22. The van der Waals surface area contributed by atoms with Crippen molar-refractivity contribution in [3.8, 4) is 0 Å². The van der Waals surface area contributed by atoms with Crippen molar-refractivity contribution in [2.45, 2.75) is 18.9 Å². The zero-order valence-electron chi connectivity index (χ0n) is 13.9. The molecule has 1 fully saturated rings. The van der Waals surface area contributed by atoms with Crippen molar-refractivity contribution in [3.63, 3.8) is 0 Å². The average Bonchev–Trinajstić information content (AvgIpc) is 3.19. The maximum absolute atomic E-state index is 6.21. The van der Waals surface area contributed by atoms with E-state index in [0.717, 1.165) is 36.1 Å². The Hall–Kier alpha value is -1.28. The quantitative estimate of drug-likeness (QED) is 0.435. The number of nitrogens with one attached hydrogen (secondary N) is 1. The summed E-state index contributed by atoms with van der Waals surface area (Å²) in [6, 6.07) is 7.89. The van der Waals surface area contributed by atoms with Crippen molar-refractivity contribution < 1.29 is 0 Å². The van der Waals surface area contributed by atoms with Gasteiger partial charge in [-0.15, -0.1) is 24.0 Å². The molecule has 130 valence electrons. The Labute approximate surface area is 165 Å². The van der Waals surface area contributed by atoms with Gasteiger partial charge in [0.05, 0.1) is 6.20 Å². The van der Waals surface area contributed by atoms with Crippen LogP contribution in [0.25, 0.3) is 0 Å². The standard InChI is InChI=1S/C17H22ClN5.HI/c1-19-17(20-9-13-5-3-4-6-16(13)18)23-8-7-14(12-23)15-10-21-22(2)11-15;/h3-6,10-11,14H,7-9,12H2,1-2H3,(H,19,20);1H. The molecule has 2 heterocycles. The zero-order valence-corrected chi connectivity index (χ0v) is 17.0. The normalized spacial score (nSPS) is 17.7. The molecule has 1 aliphatic heterocycles. The van der Waals surface area contributed by atoms with Crippen LogP contribution in [0.3, 0.4) is 0 Å². The second-order valence-corrected chi connectivity index (χ2v) is 6.28. The van der Waals surface area contributed by atoms with E-state index in [4.69, 9.17) is 11.6 Å². The minimum atomic E-state index is 0. The molecule has 1 saturated heterocycles. The van der Waals surface area contributed by atoms with Crippen molar-refractivity contribution in [1.82, 2.24) is 20.0 Å². The lowest BCUT2D eigenvalue weighted by Gasteiger charge is -2.21. The molecule has 1 aromatic heterocycles. The Bertz CT molecular complexity index is 700. The van der Waals surface area contributed by atoms with Crippen LogP contribution in [-0.2, 0) is 13.6 Å². The first kappa shape index (κ1) is 19.1. The number of aryl methyl sites for hydroxylation is 1. The van der Waals surface area contributed by atoms with Gasteiger partial charge in [-0.25, -0.2) is 0 Å². The largest absolute Gasteiger partial charge is 0.352 e. The van der Waals surface area contributed by atoms with Gasteiger partial charge in [0.15, 0.2) is 5.96 Å². The topological polar surface area (TPSA) is 45.5 Å². The van der Waals surface area contributed by atoms with E-state index in [1.54, 1.807) is 0 Å². The van der Waals surface area contributed by atoms with Gasteiger partial charge in [0.2, 0.25) is 0 Å². The molecule has 1 atom stereocenters. The summed E-state index contributed by atoms with van der Waals surface area (Å²) in [5.74, 6) is 1.44. The van der Waals surface area contributed by atoms with Crippen molar-refractivity contribution in [2.24, 2.45) is 12.0 Å². The first-order valence-electron chi connectivity index (χ1n) is 7.85. The second kappa shape index (κ2) is 8.71. The van der Waals surface area contributed by atoms with E-state index in [-0.39, 0.29) is 24.0 Å². The summed E-state index contributed by atoms with van der Waals surface area (Å²) < 4.78 is 1.86. The van der Waals surface area contributed by atoms with Gasteiger partial charge < -0.3 is 10.2 Å². The van der Waals surface area contributed by atoms with Crippen molar-refractivity contribution in [2.75, 3.05) is 20.1 Å². The highest BCUT2D eigenvalue weighted by molar-refractivity contribution is 14.0. The summed E-state index contributed by atoms with van der Waals surface area (Å²) >= 11 is 6.21. The number of aliphatic imine (C=N–C) groups is 1. The molecule has 1 aliphatic rings. The van der Waals surface area contributed by atoms with Gasteiger partial charge in [-0.05, 0) is 23.6 Å². The molecule has 0 bridgehead atoms. The van der Waals surface area contributed by atoms with Crippen LogP contribution < -0.4 is 5.32 Å². The highest BCUT2D eigenvalue weighted by Crippen LogP contribution is 2.26. The van der Waals surface area contributed by atoms with E-state index < -0.39 is 0 Å². The number of benzene rings is 1. The number of rotatable bonds is 3. The molecule has 1 aromatic carbocycles. The fraction of sp³-hybridized carbons (Fsp3) is 0.412. The smallest absolute Gasteiger partial charge is 0.193 e. The SMILES string of the molecule is CN=C(NCc1ccccc1Cl)N1CCC(c2cnn(C)c2)C1.I. The Kier molecular flexibility index (Phi) is 6.91. The molecule has 0 saturated carbocycles. The van der Waals surface area contributed by atoms with Crippen molar-refractivity contribution >= 4 is 41.5 Å². The Morgan fingerprint density at radius 1 is 1.42 bits per heavy atom. The second-order valence-electron chi connectivity index (χ2n) is 5.87. The van der Waals surface area contributed by atoms with E-state index in [0.29, 0.717) is 12.5 Å². The highest BCUT2D eigenvalue weighted by Gasteiger charge is 2.26. The van der Waals surface area contributed by atoms with Crippen LogP contribution in [-0.4, -0.2) is 40.8 Å². The van der Waals surface area contributed by atoms with E-state index in [9.17, 15) is 0 Å². The van der Waals surface area contributed by atoms with E-state index >= 15 is 0 Å². The molecule has 7 heteroatoms. The molecule has 0 radical (unpaired) electrons. The lowest BCUT2D eigenvalue weighted by Crippen LogP contribution is -2.39. The van der Waals surface area contributed by atoms with Gasteiger partial charge in [0.25, 0.3) is 0 Å². The predicted molar refractivity (Wildman–Crippen MR) is 109 cm³/mol. The van der Waals surface area contributed by atoms with Gasteiger partial charge in [0.1, 0.15) is 0 Å². The summed E-state index contributed by atoms with van der Waals surface area (Å²) in [5.41, 5.74) is 2.38. The van der Waals surface area contributed by atoms with E-state index in [2.05, 4.69) is 26.5 Å². The third kappa shape index (κ3) is 4.42. The number of hydrogen-bond acceptors (Lipinski definition) is 2. The van der Waals surface area contributed by atoms with Gasteiger partial charge in [0, 0.05) is 50.9 Å². The fourth-order valence-electron chi connectivity index (χ4n) is 3.02. The van der Waals surface area contributed by atoms with E-state index in [1.165, 1.54) is 5.56 Å². The number of nitrogens with zero attached hydrogens (tertiary/aromatic N) is 4. The predicted octanol–water partition coefficient (Wildman–Crippen LogP) is 3.26. The third-order valence-corrected chi connectivity index (χ3v) is 4.66. The fourth-order valence-corrected chi connectivity index (χ4v) is 3.23. The van der Waals surface area contributed by atoms with Gasteiger partial charge in [-0.1, -0.05) is 29.8 Å². The molecule has 5 nitrogen and oxygen atoms in total. The van der Waals surface area contributed by atoms with Crippen LogP contribution >= 0.6 is 35.6 Å². The Morgan fingerprint density at radius 3 is 2.88 bits per heavy atom. The molecule has 24 heavy (non-hydrogen) atoms. The van der Waals surface area contributed by atoms with Crippen LogP contribution in [0.15, 0.2) is 41.7 Å². The number of hydrogen-bond donors (Lipinski definition) is 1. The van der Waals surface area contributed by atoms with Crippen LogP contribution in [0.2, 0.25) is 5.02 Å². The first-order chi connectivity index (χ1) is 11.2. The zero-order chi connectivity index (χ0) is 16.2. The summed E-state index contributed by atoms with van der Waals surface area (Å²) in [7, 11) is 3.78. The van der Waals surface area contributed by atoms with Crippen molar-refractivity contribution in [1.29, 1.82) is 0 Å². The third-order valence-electron chi connectivity index (χ3n) is 4.29. The lowest BCUT2D eigenvalue weighted by atomic mass is 10.0. The molecule has 1 N–H and O–H groups in total. The molecule has 2 aromatic rings. The molecular weight excluding hydrogens is 437 g/mol. The van der Waals surface area contributed by atoms with Gasteiger partial charge in [-0.2, -0.15) is 5.10 Å². The van der Waals surface area contributed by atoms with E-state index in [1.807, 2.05) is 49.2 Å². The van der Waals surface area contributed by atoms with Crippen LogP contribution in [0.4, 0.5) is 0 Å². The Balaban J connectivity index is 0.00000208. The minimum absolute atomic E-state index is 0. The summed E-state index contributed by atoms with van der Waals surface area (Å²) in [6.07, 6.45) is 5.20. The monoisotopic (exact) mass is 459 g/mol. The minimum Gasteiger partial charge on any atom is -0.352 e. The van der Waals surface area contributed by atoms with Gasteiger partial charge >= 0.3 is 0 Å². The van der Waals surface area contributed by atoms with Gasteiger partial charge in [-0.3, -0.25) is 9.67 Å². The summed E-state index contributed by atoms with van der Waals surface area (Å²) in [4.78, 5) is 6.72. The number of guanidine groups is 1. The van der Waals surface area contributed by atoms with Crippen LogP contribution in [0.1, 0.15) is 23.5 Å². The molecule has 0 spiro atoms. The lowest BCUT2D eigenvalue weighted by molar-refractivity contribution is 0.486. The van der Waals surface area contributed by atoms with Crippen LogP contribution in [0, 0.1) is 0 Å². The number of likely N-dealkylation sites (tertiary alicyclic amines) is 1. The number of halogens is 2. The molecule has 0 aliphatic carbocycles. The van der Waals surface area contributed by atoms with Crippen molar-refractivity contribution in [3.05, 3.63) is 52.8 Å². The van der Waals surface area contributed by atoms with Crippen LogP contribution in [0.5, 0.6) is 0 Å². The summed E-state index contributed by atoms with van der Waals surface area (Å²) in [6.45, 7) is 2.65. The highest BCUT2D eigenvalue weighted by atomic mass is 127. The maximum Gasteiger partial charge on any atom is 0.193 e. The molecule has 0 amide bonds. The summed E-state index contributed by atoms with van der Waals surface area (Å²) in [5, 5.41) is 8.47. The Morgan fingerprint density at radius 2 is 2.21 bits per heavy atom.